The van der Waals surface area contributed by atoms with Crippen LogP contribution in [-0.4, -0.2) is 50.1 Å². The molecule has 2 heterocycles. The van der Waals surface area contributed by atoms with E-state index >= 15 is 0 Å². The quantitative estimate of drug-likeness (QED) is 0.703. The van der Waals surface area contributed by atoms with Crippen LogP contribution in [-0.2, 0) is 14.3 Å². The third-order valence-electron chi connectivity index (χ3n) is 4.50. The first kappa shape index (κ1) is 22.1. The lowest BCUT2D eigenvalue weighted by Gasteiger charge is -2.29. The number of hydrogen-bond acceptors (Lipinski definition) is 6. The van der Waals surface area contributed by atoms with Crippen molar-refractivity contribution < 1.29 is 23.9 Å². The minimum absolute atomic E-state index is 0.0188. The topological polar surface area (TPSA) is 97.0 Å². The molecule has 0 spiro atoms. The Bertz CT molecular complexity index is 975. The van der Waals surface area contributed by atoms with E-state index < -0.39 is 11.4 Å². The Morgan fingerprint density at radius 2 is 2.03 bits per heavy atom. The van der Waals surface area contributed by atoms with Crippen LogP contribution in [0.4, 0.5) is 11.4 Å². The Kier molecular flexibility index (Phi) is 6.64. The van der Waals surface area contributed by atoms with Crippen molar-refractivity contribution in [3.05, 3.63) is 39.5 Å². The minimum atomic E-state index is -1.18. The number of anilines is 2. The maximum Gasteiger partial charge on any atom is 0.262 e. The molecule has 0 unspecified atom stereocenters. The SMILES string of the molecule is COc1cc(NC(=O)C(C)(C)NC(=O)c2ccc(Cl)s2)ccc1N1CCOCC1=O. The summed E-state index contributed by atoms with van der Waals surface area (Å²) >= 11 is 7.00. The zero-order valence-corrected chi connectivity index (χ0v) is 18.4. The number of nitrogens with one attached hydrogen (secondary N) is 2. The van der Waals surface area contributed by atoms with Crippen molar-refractivity contribution in [3.63, 3.8) is 0 Å². The number of amides is 3. The first-order valence-electron chi connectivity index (χ1n) is 9.17. The van der Waals surface area contributed by atoms with E-state index in [0.717, 1.165) is 11.3 Å². The maximum atomic E-state index is 12.8. The Morgan fingerprint density at radius 1 is 1.27 bits per heavy atom. The smallest absolute Gasteiger partial charge is 0.262 e. The lowest BCUT2D eigenvalue weighted by atomic mass is 10.0. The number of hydrogen-bond donors (Lipinski definition) is 2. The molecular formula is C20H22ClN3O5S. The molecule has 1 saturated heterocycles. The van der Waals surface area contributed by atoms with Gasteiger partial charge >= 0.3 is 0 Å². The first-order valence-corrected chi connectivity index (χ1v) is 10.4. The molecule has 0 aliphatic carbocycles. The molecule has 3 rings (SSSR count). The van der Waals surface area contributed by atoms with Gasteiger partial charge in [0.1, 0.15) is 17.9 Å². The van der Waals surface area contributed by atoms with Gasteiger partial charge in [0.05, 0.1) is 28.6 Å². The van der Waals surface area contributed by atoms with Crippen LogP contribution >= 0.6 is 22.9 Å². The van der Waals surface area contributed by atoms with E-state index in [2.05, 4.69) is 10.6 Å². The van der Waals surface area contributed by atoms with Crippen molar-refractivity contribution in [2.24, 2.45) is 0 Å². The van der Waals surface area contributed by atoms with Crippen molar-refractivity contribution in [1.29, 1.82) is 0 Å². The van der Waals surface area contributed by atoms with Crippen LogP contribution in [0.1, 0.15) is 23.5 Å². The summed E-state index contributed by atoms with van der Waals surface area (Å²) in [5, 5.41) is 5.48. The summed E-state index contributed by atoms with van der Waals surface area (Å²) in [5.74, 6) is -0.506. The third-order valence-corrected chi connectivity index (χ3v) is 5.73. The van der Waals surface area contributed by atoms with E-state index in [9.17, 15) is 14.4 Å². The highest BCUT2D eigenvalue weighted by Gasteiger charge is 2.31. The largest absolute Gasteiger partial charge is 0.494 e. The van der Waals surface area contributed by atoms with Gasteiger partial charge in [0.15, 0.2) is 0 Å². The van der Waals surface area contributed by atoms with E-state index in [1.165, 1.54) is 7.11 Å². The standard InChI is InChI=1S/C20H22ClN3O5S/c1-20(2,23-18(26)15-6-7-16(21)30-15)19(27)22-12-4-5-13(14(10-12)28-3)24-8-9-29-11-17(24)25/h4-7,10H,8-9,11H2,1-3H3,(H,22,27)(H,23,26). The van der Waals surface area contributed by atoms with E-state index in [0.29, 0.717) is 39.5 Å². The molecular weight excluding hydrogens is 430 g/mol. The summed E-state index contributed by atoms with van der Waals surface area (Å²) < 4.78 is 11.1. The van der Waals surface area contributed by atoms with Crippen molar-refractivity contribution in [2.45, 2.75) is 19.4 Å². The van der Waals surface area contributed by atoms with Crippen LogP contribution in [0.25, 0.3) is 0 Å². The van der Waals surface area contributed by atoms with Gasteiger partial charge in [0.2, 0.25) is 5.91 Å². The van der Waals surface area contributed by atoms with Crippen LogP contribution in [0.5, 0.6) is 5.75 Å². The van der Waals surface area contributed by atoms with Gasteiger partial charge in [-0.1, -0.05) is 11.6 Å². The maximum absolute atomic E-state index is 12.8. The van der Waals surface area contributed by atoms with Crippen LogP contribution in [0.2, 0.25) is 4.34 Å². The molecule has 8 nitrogen and oxygen atoms in total. The van der Waals surface area contributed by atoms with Crippen LogP contribution in [0.15, 0.2) is 30.3 Å². The van der Waals surface area contributed by atoms with Crippen LogP contribution in [0, 0.1) is 0 Å². The second-order valence-corrected chi connectivity index (χ2v) is 8.84. The fraction of sp³-hybridized carbons (Fsp3) is 0.350. The number of methoxy groups -OCH3 is 1. The molecule has 0 bridgehead atoms. The Labute approximate surface area is 183 Å². The molecule has 10 heteroatoms. The Balaban J connectivity index is 1.72. The second kappa shape index (κ2) is 9.03. The zero-order valence-electron chi connectivity index (χ0n) is 16.8. The van der Waals surface area contributed by atoms with Gasteiger partial charge in [-0.25, -0.2) is 0 Å². The van der Waals surface area contributed by atoms with Gasteiger partial charge in [-0.15, -0.1) is 11.3 Å². The molecule has 2 N–H and O–H groups in total. The second-order valence-electron chi connectivity index (χ2n) is 7.12. The molecule has 1 fully saturated rings. The number of nitrogens with zero attached hydrogens (tertiary/aromatic N) is 1. The van der Waals surface area contributed by atoms with E-state index in [-0.39, 0.29) is 18.4 Å². The predicted molar refractivity (Wildman–Crippen MR) is 116 cm³/mol. The summed E-state index contributed by atoms with van der Waals surface area (Å²) in [6.07, 6.45) is 0. The lowest BCUT2D eigenvalue weighted by molar-refractivity contribution is -0.125. The highest BCUT2D eigenvalue weighted by molar-refractivity contribution is 7.18. The zero-order chi connectivity index (χ0) is 21.9. The molecule has 160 valence electrons. The number of carbonyl (C=O) groups is 3. The van der Waals surface area contributed by atoms with Gasteiger partial charge in [-0.3, -0.25) is 14.4 Å². The summed E-state index contributed by atoms with van der Waals surface area (Å²) in [6, 6.07) is 8.24. The molecule has 0 atom stereocenters. The highest BCUT2D eigenvalue weighted by Crippen LogP contribution is 2.32. The molecule has 0 radical (unpaired) electrons. The number of rotatable bonds is 6. The average molecular weight is 452 g/mol. The van der Waals surface area contributed by atoms with Crippen molar-refractivity contribution in [2.75, 3.05) is 37.1 Å². The molecule has 1 aromatic heterocycles. The summed E-state index contributed by atoms with van der Waals surface area (Å²) in [6.45, 7) is 4.09. The van der Waals surface area contributed by atoms with Gasteiger partial charge in [0, 0.05) is 18.3 Å². The van der Waals surface area contributed by atoms with Gasteiger partial charge in [0.25, 0.3) is 11.8 Å². The van der Waals surface area contributed by atoms with Gasteiger partial charge in [-0.2, -0.15) is 0 Å². The van der Waals surface area contributed by atoms with Crippen molar-refractivity contribution in [3.8, 4) is 5.75 Å². The normalized spacial score (nSPS) is 14.4. The fourth-order valence-corrected chi connectivity index (χ4v) is 3.82. The number of thiophene rings is 1. The van der Waals surface area contributed by atoms with Gasteiger partial charge in [-0.05, 0) is 38.1 Å². The summed E-state index contributed by atoms with van der Waals surface area (Å²) in [7, 11) is 1.49. The van der Waals surface area contributed by atoms with E-state index in [1.54, 1.807) is 49.1 Å². The molecule has 1 aliphatic rings. The molecule has 1 aromatic carbocycles. The summed E-state index contributed by atoms with van der Waals surface area (Å²) in [5.41, 5.74) is -0.103. The average Bonchev–Trinajstić information content (AvgIpc) is 3.14. The number of benzene rings is 1. The number of halogens is 1. The molecule has 30 heavy (non-hydrogen) atoms. The van der Waals surface area contributed by atoms with Gasteiger partial charge < -0.3 is 25.0 Å². The number of carbonyl (C=O) groups excluding carboxylic acids is 3. The molecule has 1 aliphatic heterocycles. The molecule has 3 amide bonds. The Hall–Kier alpha value is -2.62. The number of morpholine rings is 1. The van der Waals surface area contributed by atoms with Crippen LogP contribution in [0.3, 0.4) is 0 Å². The van der Waals surface area contributed by atoms with E-state index in [4.69, 9.17) is 21.1 Å². The first-order chi connectivity index (χ1) is 14.2. The van der Waals surface area contributed by atoms with Crippen molar-refractivity contribution >= 4 is 52.0 Å². The number of ether oxygens (including phenoxy) is 2. The molecule has 0 saturated carbocycles. The lowest BCUT2D eigenvalue weighted by Crippen LogP contribution is -2.52. The minimum Gasteiger partial charge on any atom is -0.494 e. The third kappa shape index (κ3) is 4.92. The predicted octanol–water partition coefficient (Wildman–Crippen LogP) is 2.92. The summed E-state index contributed by atoms with van der Waals surface area (Å²) in [4.78, 5) is 39.3. The monoisotopic (exact) mass is 451 g/mol. The van der Waals surface area contributed by atoms with E-state index in [1.807, 2.05) is 0 Å². The Morgan fingerprint density at radius 3 is 2.67 bits per heavy atom. The van der Waals surface area contributed by atoms with Crippen LogP contribution < -0.4 is 20.3 Å². The molecule has 2 aromatic rings. The highest BCUT2D eigenvalue weighted by atomic mass is 35.5. The van der Waals surface area contributed by atoms with Crippen molar-refractivity contribution in [1.82, 2.24) is 5.32 Å². The fourth-order valence-electron chi connectivity index (χ4n) is 2.88.